The van der Waals surface area contributed by atoms with Crippen LogP contribution < -0.4 is 15.1 Å². The normalized spacial score (nSPS) is 12.4. The lowest BCUT2D eigenvalue weighted by Crippen LogP contribution is -2.43. The van der Waals surface area contributed by atoms with Gasteiger partial charge < -0.3 is 29.6 Å². The third kappa shape index (κ3) is 12.9. The molecular formula is C34H50N2O6Si. The molecule has 3 rings (SSSR count). The Hall–Kier alpha value is -3.82. The van der Waals surface area contributed by atoms with Crippen LogP contribution in [0, 0.1) is 0 Å². The molecule has 0 heterocycles. The number of hydrogen-bond donors (Lipinski definition) is 3. The molecule has 2 atom stereocenters. The summed E-state index contributed by atoms with van der Waals surface area (Å²) in [4.78, 5) is 22.9. The summed E-state index contributed by atoms with van der Waals surface area (Å²) in [6, 6.07) is 24.3. The van der Waals surface area contributed by atoms with Crippen molar-refractivity contribution in [2.24, 2.45) is 0 Å². The number of methoxy groups -OCH3 is 1. The van der Waals surface area contributed by atoms with E-state index in [2.05, 4.69) is 49.2 Å². The van der Waals surface area contributed by atoms with Crippen LogP contribution in [0.4, 0.5) is 4.79 Å². The maximum absolute atomic E-state index is 12.0. The fourth-order valence-corrected chi connectivity index (χ4v) is 4.52. The molecule has 236 valence electrons. The van der Waals surface area contributed by atoms with Gasteiger partial charge in [-0.3, -0.25) is 4.79 Å². The second-order valence-corrected chi connectivity index (χ2v) is 16.4. The molecule has 0 bridgehead atoms. The molecule has 43 heavy (non-hydrogen) atoms. The highest BCUT2D eigenvalue weighted by Gasteiger charge is 2.38. The van der Waals surface area contributed by atoms with Gasteiger partial charge in [0, 0.05) is 6.04 Å². The lowest BCUT2D eigenvalue weighted by atomic mass is 10.1. The monoisotopic (exact) mass is 610 g/mol. The van der Waals surface area contributed by atoms with Gasteiger partial charge in [-0.2, -0.15) is 0 Å². The van der Waals surface area contributed by atoms with E-state index in [1.54, 1.807) is 12.1 Å². The second-order valence-electron chi connectivity index (χ2n) is 11.6. The van der Waals surface area contributed by atoms with Crippen molar-refractivity contribution < 1.29 is 28.6 Å². The zero-order valence-corrected chi connectivity index (χ0v) is 27.1. The van der Waals surface area contributed by atoms with Gasteiger partial charge in [-0.1, -0.05) is 82.8 Å². The number of ether oxygens (including phenoxy) is 2. The van der Waals surface area contributed by atoms with Gasteiger partial charge in [0.05, 0.1) is 19.7 Å². The summed E-state index contributed by atoms with van der Waals surface area (Å²) < 4.78 is 16.1. The highest BCUT2D eigenvalue weighted by atomic mass is 28.4. The van der Waals surface area contributed by atoms with E-state index < -0.39 is 14.4 Å². The Bertz CT molecular complexity index is 1240. The summed E-state index contributed by atoms with van der Waals surface area (Å²) in [5, 5.41) is 15.1. The molecule has 0 fully saturated rings. The average Bonchev–Trinajstić information content (AvgIpc) is 2.95. The van der Waals surface area contributed by atoms with Crippen molar-refractivity contribution in [1.29, 1.82) is 0 Å². The number of benzene rings is 3. The standard InChI is InChI=1S/C22H31NO3Si.C11H15NO3.CH4/c1-17(23-21(24)25-16-18-10-8-7-9-11-18)19-12-14-20(15-13-19)26-27(5,6)22(2,3)4;1-8(12-7-11(14)15-2)9-3-5-10(13)6-4-9;/h7-15,17H,16H2,1-6H3,(H,23,24);3-6,8,12-13H,7H2,1-2H3;1H4/t17-;8-;/m00./s1. The zero-order chi connectivity index (χ0) is 31.3. The predicted molar refractivity (Wildman–Crippen MR) is 176 cm³/mol. The molecule has 0 aliphatic rings. The molecular weight excluding hydrogens is 560 g/mol. The number of carbonyl (C=O) groups excluding carboxylic acids is 2. The first-order chi connectivity index (χ1) is 19.7. The van der Waals surface area contributed by atoms with Gasteiger partial charge in [0.15, 0.2) is 0 Å². The van der Waals surface area contributed by atoms with Crippen molar-refractivity contribution >= 4 is 20.4 Å². The lowest BCUT2D eigenvalue weighted by Gasteiger charge is -2.36. The fourth-order valence-electron chi connectivity index (χ4n) is 3.49. The minimum atomic E-state index is -1.85. The van der Waals surface area contributed by atoms with Gasteiger partial charge in [-0.25, -0.2) is 4.79 Å². The van der Waals surface area contributed by atoms with Crippen LogP contribution in [0.2, 0.25) is 18.1 Å². The Kier molecular flexibility index (Phi) is 15.0. The van der Waals surface area contributed by atoms with Crippen LogP contribution in [-0.4, -0.2) is 39.1 Å². The van der Waals surface area contributed by atoms with Crippen LogP contribution in [0.3, 0.4) is 0 Å². The average molecular weight is 611 g/mol. The number of alkyl carbamates (subject to hydrolysis) is 1. The van der Waals surface area contributed by atoms with Gasteiger partial charge in [0.2, 0.25) is 8.32 Å². The Labute approximate surface area is 258 Å². The molecule has 1 amide bonds. The molecule has 3 N–H and O–H groups in total. The number of aromatic hydroxyl groups is 1. The molecule has 0 saturated carbocycles. The summed E-state index contributed by atoms with van der Waals surface area (Å²) in [7, 11) is -0.493. The summed E-state index contributed by atoms with van der Waals surface area (Å²) in [6.07, 6.45) is -0.423. The zero-order valence-electron chi connectivity index (χ0n) is 26.1. The third-order valence-corrected chi connectivity index (χ3v) is 11.6. The molecule has 0 spiro atoms. The van der Waals surface area contributed by atoms with Crippen LogP contribution in [0.1, 0.15) is 70.8 Å². The number of rotatable bonds is 10. The van der Waals surface area contributed by atoms with Gasteiger partial charge in [0.25, 0.3) is 0 Å². The minimum Gasteiger partial charge on any atom is -0.544 e. The number of carbonyl (C=O) groups is 2. The van der Waals surface area contributed by atoms with E-state index in [1.807, 2.05) is 80.6 Å². The van der Waals surface area contributed by atoms with Crippen molar-refractivity contribution in [1.82, 2.24) is 10.6 Å². The fraction of sp³-hybridized carbons (Fsp3) is 0.412. The summed E-state index contributed by atoms with van der Waals surface area (Å²) in [5.41, 5.74) is 2.98. The highest BCUT2D eigenvalue weighted by Crippen LogP contribution is 2.37. The van der Waals surface area contributed by atoms with E-state index in [-0.39, 0.29) is 49.4 Å². The molecule has 0 saturated heterocycles. The molecule has 0 aliphatic heterocycles. The van der Waals surface area contributed by atoms with E-state index in [4.69, 9.17) is 14.3 Å². The Balaban J connectivity index is 0.000000491. The molecule has 0 aromatic heterocycles. The molecule has 3 aromatic carbocycles. The Morgan fingerprint density at radius 3 is 1.93 bits per heavy atom. The predicted octanol–water partition coefficient (Wildman–Crippen LogP) is 7.91. The van der Waals surface area contributed by atoms with Crippen LogP contribution in [-0.2, 0) is 20.9 Å². The quantitative estimate of drug-likeness (QED) is 0.158. The number of esters is 1. The van der Waals surface area contributed by atoms with Gasteiger partial charge in [-0.05, 0) is 72.9 Å². The first kappa shape index (κ1) is 37.2. The van der Waals surface area contributed by atoms with Gasteiger partial charge in [0.1, 0.15) is 18.1 Å². The maximum atomic E-state index is 12.0. The van der Waals surface area contributed by atoms with Crippen LogP contribution in [0.15, 0.2) is 78.9 Å². The molecule has 0 radical (unpaired) electrons. The number of phenolic OH excluding ortho intramolecular Hbond substituents is 1. The molecule has 0 unspecified atom stereocenters. The number of amides is 1. The number of hydrogen-bond acceptors (Lipinski definition) is 7. The Morgan fingerprint density at radius 2 is 1.40 bits per heavy atom. The third-order valence-electron chi connectivity index (χ3n) is 7.28. The summed E-state index contributed by atoms with van der Waals surface area (Å²) >= 11 is 0. The first-order valence-electron chi connectivity index (χ1n) is 14.1. The SMILES string of the molecule is C.COC(=O)CN[C@@H](C)c1ccc(O)cc1.C[C@H](NC(=O)OCc1ccccc1)c1ccc(O[Si](C)(C)C(C)(C)C)cc1. The molecule has 9 heteroatoms. The lowest BCUT2D eigenvalue weighted by molar-refractivity contribution is -0.139. The second kappa shape index (κ2) is 17.3. The van der Waals surface area contributed by atoms with E-state index in [1.165, 1.54) is 7.11 Å². The summed E-state index contributed by atoms with van der Waals surface area (Å²) in [5.74, 6) is 0.823. The summed E-state index contributed by atoms with van der Waals surface area (Å²) in [6.45, 7) is 15.4. The van der Waals surface area contributed by atoms with E-state index >= 15 is 0 Å². The van der Waals surface area contributed by atoms with Crippen molar-refractivity contribution in [2.75, 3.05) is 13.7 Å². The van der Waals surface area contributed by atoms with Crippen molar-refractivity contribution in [3.05, 3.63) is 95.6 Å². The van der Waals surface area contributed by atoms with Crippen LogP contribution in [0.5, 0.6) is 11.5 Å². The van der Waals surface area contributed by atoms with E-state index in [0.717, 1.165) is 22.4 Å². The van der Waals surface area contributed by atoms with Crippen LogP contribution in [0.25, 0.3) is 0 Å². The smallest absolute Gasteiger partial charge is 0.407 e. The first-order valence-corrected chi connectivity index (χ1v) is 17.0. The number of nitrogens with one attached hydrogen (secondary N) is 2. The van der Waals surface area contributed by atoms with E-state index in [0.29, 0.717) is 0 Å². The van der Waals surface area contributed by atoms with Crippen molar-refractivity contribution in [3.63, 3.8) is 0 Å². The van der Waals surface area contributed by atoms with Gasteiger partial charge >= 0.3 is 12.1 Å². The Morgan fingerprint density at radius 1 is 0.860 bits per heavy atom. The van der Waals surface area contributed by atoms with Crippen molar-refractivity contribution in [3.8, 4) is 11.5 Å². The van der Waals surface area contributed by atoms with Crippen LogP contribution >= 0.6 is 0 Å². The van der Waals surface area contributed by atoms with Gasteiger partial charge in [-0.15, -0.1) is 0 Å². The topological polar surface area (TPSA) is 106 Å². The maximum Gasteiger partial charge on any atom is 0.407 e. The molecule has 8 nitrogen and oxygen atoms in total. The van der Waals surface area contributed by atoms with Crippen molar-refractivity contribution in [2.45, 2.75) is 78.9 Å². The van der Waals surface area contributed by atoms with E-state index in [9.17, 15) is 9.59 Å². The molecule has 3 aromatic rings. The number of phenols is 1. The minimum absolute atomic E-state index is 0. The highest BCUT2D eigenvalue weighted by molar-refractivity contribution is 6.74. The largest absolute Gasteiger partial charge is 0.544 e. The molecule has 0 aliphatic carbocycles.